The highest BCUT2D eigenvalue weighted by Gasteiger charge is 2.51. The van der Waals surface area contributed by atoms with Crippen molar-refractivity contribution in [1.29, 1.82) is 0 Å². The highest BCUT2D eigenvalue weighted by molar-refractivity contribution is 7.89. The molecule has 26 heavy (non-hydrogen) atoms. The van der Waals surface area contributed by atoms with E-state index in [1.165, 1.54) is 0 Å². The Balaban J connectivity index is 1.85. The van der Waals surface area contributed by atoms with Crippen molar-refractivity contribution in [3.05, 3.63) is 35.4 Å². The van der Waals surface area contributed by atoms with E-state index in [0.29, 0.717) is 6.54 Å². The second-order valence-corrected chi connectivity index (χ2v) is 9.09. The molecule has 7 nitrogen and oxygen atoms in total. The molecule has 3 unspecified atom stereocenters. The van der Waals surface area contributed by atoms with E-state index in [1.54, 1.807) is 18.2 Å². The van der Waals surface area contributed by atoms with E-state index >= 15 is 0 Å². The lowest BCUT2D eigenvalue weighted by Crippen LogP contribution is -2.49. The van der Waals surface area contributed by atoms with Crippen LogP contribution in [0.2, 0.25) is 0 Å². The SMILES string of the molecule is CCOC(=O)C1C(C)NNC1S(=O)(=O)N(Cc1ccc(C)cc1)C1CC1. The predicted octanol–water partition coefficient (Wildman–Crippen LogP) is 1.29. The second kappa shape index (κ2) is 7.64. The number of nitrogens with one attached hydrogen (secondary N) is 2. The van der Waals surface area contributed by atoms with E-state index < -0.39 is 27.3 Å². The number of hydrazine groups is 1. The first-order chi connectivity index (χ1) is 12.3. The van der Waals surface area contributed by atoms with Crippen molar-refractivity contribution < 1.29 is 17.9 Å². The van der Waals surface area contributed by atoms with Gasteiger partial charge in [0, 0.05) is 18.6 Å². The molecule has 0 radical (unpaired) electrons. The van der Waals surface area contributed by atoms with Crippen molar-refractivity contribution in [2.45, 2.75) is 57.6 Å². The number of aryl methyl sites for hydroxylation is 1. The Bertz CT molecular complexity index is 746. The van der Waals surface area contributed by atoms with Gasteiger partial charge in [0.05, 0.1) is 6.61 Å². The van der Waals surface area contributed by atoms with Gasteiger partial charge in [-0.3, -0.25) is 10.2 Å². The Kier molecular flexibility index (Phi) is 5.67. The maximum atomic E-state index is 13.4. The minimum absolute atomic E-state index is 0.00172. The number of esters is 1. The molecule has 1 saturated carbocycles. The third-order valence-electron chi connectivity index (χ3n) is 4.94. The Hall–Kier alpha value is -1.48. The zero-order valence-electron chi connectivity index (χ0n) is 15.4. The number of ether oxygens (including phenoxy) is 1. The maximum Gasteiger partial charge on any atom is 0.313 e. The van der Waals surface area contributed by atoms with E-state index in [1.807, 2.05) is 31.2 Å². The summed E-state index contributed by atoms with van der Waals surface area (Å²) in [6.45, 7) is 6.04. The van der Waals surface area contributed by atoms with Gasteiger partial charge in [-0.2, -0.15) is 4.31 Å². The minimum Gasteiger partial charge on any atom is -0.466 e. The number of nitrogens with zero attached hydrogens (tertiary/aromatic N) is 1. The van der Waals surface area contributed by atoms with Crippen LogP contribution in [0.15, 0.2) is 24.3 Å². The van der Waals surface area contributed by atoms with Crippen LogP contribution < -0.4 is 10.9 Å². The van der Waals surface area contributed by atoms with Crippen LogP contribution in [0.4, 0.5) is 0 Å². The normalized spacial score (nSPS) is 26.2. The average Bonchev–Trinajstić information content (AvgIpc) is 3.35. The van der Waals surface area contributed by atoms with Crippen molar-refractivity contribution in [1.82, 2.24) is 15.2 Å². The molecule has 0 spiro atoms. The van der Waals surface area contributed by atoms with Crippen LogP contribution in [-0.2, 0) is 26.1 Å². The monoisotopic (exact) mass is 381 g/mol. The molecule has 1 saturated heterocycles. The van der Waals surface area contributed by atoms with E-state index in [0.717, 1.165) is 24.0 Å². The molecule has 0 bridgehead atoms. The highest BCUT2D eigenvalue weighted by atomic mass is 32.2. The molecule has 0 aromatic heterocycles. The van der Waals surface area contributed by atoms with Gasteiger partial charge in [0.2, 0.25) is 10.0 Å². The number of hydrogen-bond acceptors (Lipinski definition) is 6. The second-order valence-electron chi connectivity index (χ2n) is 7.08. The lowest BCUT2D eigenvalue weighted by molar-refractivity contribution is -0.148. The van der Waals surface area contributed by atoms with Crippen molar-refractivity contribution in [3.8, 4) is 0 Å². The molecule has 1 aliphatic carbocycles. The molecular formula is C18H27N3O4S. The van der Waals surface area contributed by atoms with Crippen molar-refractivity contribution >= 4 is 16.0 Å². The maximum absolute atomic E-state index is 13.4. The molecule has 2 aliphatic rings. The topological polar surface area (TPSA) is 87.7 Å². The summed E-state index contributed by atoms with van der Waals surface area (Å²) < 4.78 is 33.4. The molecule has 144 valence electrons. The van der Waals surface area contributed by atoms with Crippen LogP contribution in [0, 0.1) is 12.8 Å². The quantitative estimate of drug-likeness (QED) is 0.692. The summed E-state index contributed by atoms with van der Waals surface area (Å²) in [4.78, 5) is 12.3. The molecule has 1 aliphatic heterocycles. The van der Waals surface area contributed by atoms with Crippen LogP contribution >= 0.6 is 0 Å². The first kappa shape index (κ1) is 19.3. The Morgan fingerprint density at radius 3 is 2.46 bits per heavy atom. The van der Waals surface area contributed by atoms with E-state index in [4.69, 9.17) is 4.74 Å². The molecule has 8 heteroatoms. The molecule has 2 N–H and O–H groups in total. The summed E-state index contributed by atoms with van der Waals surface area (Å²) in [5.41, 5.74) is 7.78. The van der Waals surface area contributed by atoms with Gasteiger partial charge in [-0.1, -0.05) is 29.8 Å². The van der Waals surface area contributed by atoms with Gasteiger partial charge in [-0.15, -0.1) is 0 Å². The van der Waals surface area contributed by atoms with E-state index in [-0.39, 0.29) is 18.7 Å². The first-order valence-electron chi connectivity index (χ1n) is 9.08. The number of carbonyl (C=O) groups is 1. The van der Waals surface area contributed by atoms with Gasteiger partial charge in [-0.25, -0.2) is 13.8 Å². The first-order valence-corrected chi connectivity index (χ1v) is 10.6. The lowest BCUT2D eigenvalue weighted by Gasteiger charge is -2.28. The summed E-state index contributed by atoms with van der Waals surface area (Å²) >= 11 is 0. The number of hydrogen-bond donors (Lipinski definition) is 2. The molecule has 2 fully saturated rings. The van der Waals surface area contributed by atoms with Gasteiger partial charge in [0.25, 0.3) is 0 Å². The van der Waals surface area contributed by atoms with Crippen LogP contribution in [-0.4, -0.2) is 42.8 Å². The summed E-state index contributed by atoms with van der Waals surface area (Å²) in [5.74, 6) is -1.27. The third kappa shape index (κ3) is 3.93. The summed E-state index contributed by atoms with van der Waals surface area (Å²) in [7, 11) is -3.73. The Morgan fingerprint density at radius 2 is 1.88 bits per heavy atom. The summed E-state index contributed by atoms with van der Waals surface area (Å²) in [6.07, 6.45) is 1.70. The highest BCUT2D eigenvalue weighted by Crippen LogP contribution is 2.34. The van der Waals surface area contributed by atoms with Gasteiger partial charge < -0.3 is 4.74 Å². The van der Waals surface area contributed by atoms with Crippen LogP contribution in [0.1, 0.15) is 37.8 Å². The molecule has 0 amide bonds. The molecule has 1 aromatic carbocycles. The van der Waals surface area contributed by atoms with Crippen molar-refractivity contribution in [2.75, 3.05) is 6.61 Å². The molecular weight excluding hydrogens is 354 g/mol. The standard InChI is InChI=1S/C18H27N3O4S/c1-4-25-18(22)16-13(3)19-20-17(16)26(23,24)21(15-9-10-15)11-14-7-5-12(2)6-8-14/h5-8,13,15-17,19-20H,4,9-11H2,1-3H3. The summed E-state index contributed by atoms with van der Waals surface area (Å²) in [6, 6.07) is 7.53. The molecule has 3 rings (SSSR count). The van der Waals surface area contributed by atoms with Gasteiger partial charge in [0.15, 0.2) is 5.37 Å². The fraction of sp³-hybridized carbons (Fsp3) is 0.611. The Morgan fingerprint density at radius 1 is 1.23 bits per heavy atom. The van der Waals surface area contributed by atoms with E-state index in [2.05, 4.69) is 10.9 Å². The van der Waals surface area contributed by atoms with Crippen molar-refractivity contribution in [3.63, 3.8) is 0 Å². The summed E-state index contributed by atoms with van der Waals surface area (Å²) in [5, 5.41) is -1.03. The number of carbonyl (C=O) groups excluding carboxylic acids is 1. The van der Waals surface area contributed by atoms with Crippen molar-refractivity contribution in [2.24, 2.45) is 5.92 Å². The third-order valence-corrected chi connectivity index (χ3v) is 7.07. The largest absolute Gasteiger partial charge is 0.466 e. The fourth-order valence-corrected chi connectivity index (χ4v) is 5.47. The minimum atomic E-state index is -3.73. The van der Waals surface area contributed by atoms with E-state index in [9.17, 15) is 13.2 Å². The van der Waals surface area contributed by atoms with Gasteiger partial charge in [0.1, 0.15) is 5.92 Å². The zero-order valence-corrected chi connectivity index (χ0v) is 16.3. The zero-order chi connectivity index (χ0) is 18.9. The molecule has 1 aromatic rings. The van der Waals surface area contributed by atoms with Crippen LogP contribution in [0.25, 0.3) is 0 Å². The predicted molar refractivity (Wildman–Crippen MR) is 98.3 cm³/mol. The van der Waals surface area contributed by atoms with Crippen LogP contribution in [0.5, 0.6) is 0 Å². The van der Waals surface area contributed by atoms with Gasteiger partial charge in [-0.05, 0) is 39.2 Å². The van der Waals surface area contributed by atoms with Gasteiger partial charge >= 0.3 is 5.97 Å². The lowest BCUT2D eigenvalue weighted by atomic mass is 10.0. The number of sulfonamides is 1. The average molecular weight is 381 g/mol. The fourth-order valence-electron chi connectivity index (χ4n) is 3.29. The Labute approximate surface area is 155 Å². The molecule has 1 heterocycles. The van der Waals surface area contributed by atoms with Crippen LogP contribution in [0.3, 0.4) is 0 Å². The molecule has 3 atom stereocenters. The number of rotatable bonds is 7. The number of benzene rings is 1. The smallest absolute Gasteiger partial charge is 0.313 e.